The van der Waals surface area contributed by atoms with Crippen LogP contribution in [0, 0.1) is 0 Å². The number of furan rings is 1. The molecule has 0 amide bonds. The van der Waals surface area contributed by atoms with Crippen LogP contribution in [0.3, 0.4) is 0 Å². The molecule has 4 nitrogen and oxygen atoms in total. The van der Waals surface area contributed by atoms with Crippen molar-refractivity contribution in [3.05, 3.63) is 53.5 Å². The van der Waals surface area contributed by atoms with Crippen LogP contribution in [0.15, 0.2) is 41.0 Å². The Labute approximate surface area is 137 Å². The number of carbonyl (C=O) groups excluding carboxylic acids is 1. The molecule has 1 aromatic heterocycles. The number of carbonyl (C=O) groups is 1. The molecule has 2 heterocycles. The van der Waals surface area contributed by atoms with Gasteiger partial charge in [-0.05, 0) is 23.8 Å². The highest BCUT2D eigenvalue weighted by atomic mass is 32.2. The number of hydrogen-bond acceptors (Lipinski definition) is 6. The monoisotopic (exact) mass is 336 g/mol. The van der Waals surface area contributed by atoms with Crippen LogP contribution >= 0.6 is 23.5 Å². The molecule has 1 fully saturated rings. The highest BCUT2D eigenvalue weighted by Gasteiger charge is 2.18. The van der Waals surface area contributed by atoms with Gasteiger partial charge >= 0.3 is 5.97 Å². The number of thioether (sulfide) groups is 2. The van der Waals surface area contributed by atoms with E-state index >= 15 is 0 Å². The van der Waals surface area contributed by atoms with E-state index in [1.54, 1.807) is 6.07 Å². The molecule has 0 atom stereocenters. The number of methoxy groups -OCH3 is 1. The number of hydrogen-bond donors (Lipinski definition) is 0. The maximum atomic E-state index is 11.6. The van der Waals surface area contributed by atoms with E-state index in [0.29, 0.717) is 15.9 Å². The van der Waals surface area contributed by atoms with E-state index in [-0.39, 0.29) is 6.61 Å². The molecular formula is C16H16O4S2. The number of esters is 1. The molecule has 1 aromatic carbocycles. The molecule has 0 aliphatic carbocycles. The fraction of sp³-hybridized carbons (Fsp3) is 0.312. The fourth-order valence-corrected chi connectivity index (χ4v) is 5.02. The van der Waals surface area contributed by atoms with Crippen molar-refractivity contribution in [1.82, 2.24) is 0 Å². The van der Waals surface area contributed by atoms with E-state index in [1.807, 2.05) is 35.7 Å². The second-order valence-corrected chi connectivity index (χ2v) is 7.40. The molecule has 0 radical (unpaired) electrons. The van der Waals surface area contributed by atoms with Crippen LogP contribution in [0.2, 0.25) is 0 Å². The van der Waals surface area contributed by atoms with Gasteiger partial charge in [0, 0.05) is 11.5 Å². The molecule has 0 N–H and O–H groups in total. The van der Waals surface area contributed by atoms with Gasteiger partial charge in [-0.15, -0.1) is 23.5 Å². The normalized spacial score (nSPS) is 15.0. The quantitative estimate of drug-likeness (QED) is 0.765. The van der Waals surface area contributed by atoms with Crippen LogP contribution in [0.4, 0.5) is 0 Å². The zero-order chi connectivity index (χ0) is 15.4. The lowest BCUT2D eigenvalue weighted by molar-refractivity contribution is 0.0595. The number of ether oxygens (including phenoxy) is 2. The Kier molecular flexibility index (Phi) is 5.00. The third-order valence-corrected chi connectivity index (χ3v) is 6.40. The van der Waals surface area contributed by atoms with E-state index in [2.05, 4.69) is 12.1 Å². The first-order valence-corrected chi connectivity index (χ1v) is 8.98. The van der Waals surface area contributed by atoms with E-state index in [4.69, 9.17) is 13.9 Å². The molecule has 0 bridgehead atoms. The van der Waals surface area contributed by atoms with Crippen molar-refractivity contribution < 1.29 is 18.7 Å². The summed E-state index contributed by atoms with van der Waals surface area (Å²) in [5.74, 6) is 3.23. The summed E-state index contributed by atoms with van der Waals surface area (Å²) in [7, 11) is 1.34. The van der Waals surface area contributed by atoms with Gasteiger partial charge in [0.25, 0.3) is 0 Å². The van der Waals surface area contributed by atoms with Gasteiger partial charge in [0.05, 0.1) is 18.0 Å². The van der Waals surface area contributed by atoms with Crippen molar-refractivity contribution in [3.8, 4) is 5.75 Å². The van der Waals surface area contributed by atoms with Gasteiger partial charge in [-0.3, -0.25) is 0 Å². The molecule has 1 aliphatic rings. The SMILES string of the molecule is COC(=O)c1ccoc1COc1ccc(C2SCCS2)cc1. The van der Waals surface area contributed by atoms with Crippen LogP contribution in [0.25, 0.3) is 0 Å². The molecule has 6 heteroatoms. The molecule has 0 spiro atoms. The summed E-state index contributed by atoms with van der Waals surface area (Å²) >= 11 is 3.95. The molecule has 0 unspecified atom stereocenters. The van der Waals surface area contributed by atoms with Crippen molar-refractivity contribution >= 4 is 29.5 Å². The topological polar surface area (TPSA) is 48.7 Å². The Morgan fingerprint density at radius 2 is 1.95 bits per heavy atom. The molecule has 3 rings (SSSR count). The third-order valence-electron chi connectivity index (χ3n) is 3.29. The maximum absolute atomic E-state index is 11.6. The summed E-state index contributed by atoms with van der Waals surface area (Å²) in [6.45, 7) is 0.198. The third kappa shape index (κ3) is 3.44. The van der Waals surface area contributed by atoms with Gasteiger partial charge in [-0.2, -0.15) is 0 Å². The summed E-state index contributed by atoms with van der Waals surface area (Å²) < 4.78 is 16.2. The minimum absolute atomic E-state index is 0.198. The predicted octanol–water partition coefficient (Wildman–Crippen LogP) is 4.12. The first kappa shape index (κ1) is 15.4. The Hall–Kier alpha value is -1.53. The van der Waals surface area contributed by atoms with Gasteiger partial charge in [0.1, 0.15) is 17.9 Å². The summed E-state index contributed by atoms with van der Waals surface area (Å²) in [5.41, 5.74) is 1.71. The van der Waals surface area contributed by atoms with Crippen LogP contribution in [-0.2, 0) is 11.3 Å². The molecule has 1 saturated heterocycles. The lowest BCUT2D eigenvalue weighted by atomic mass is 10.2. The van der Waals surface area contributed by atoms with Crippen molar-refractivity contribution in [2.24, 2.45) is 0 Å². The molecular weight excluding hydrogens is 320 g/mol. The van der Waals surface area contributed by atoms with Gasteiger partial charge in [0.15, 0.2) is 5.76 Å². The van der Waals surface area contributed by atoms with E-state index in [1.165, 1.54) is 30.4 Å². The smallest absolute Gasteiger partial charge is 0.341 e. The average Bonchev–Trinajstić information content (AvgIpc) is 3.24. The van der Waals surface area contributed by atoms with Crippen LogP contribution < -0.4 is 4.74 Å². The molecule has 1 aliphatic heterocycles. The van der Waals surface area contributed by atoms with Crippen molar-refractivity contribution in [2.75, 3.05) is 18.6 Å². The zero-order valence-electron chi connectivity index (χ0n) is 12.1. The Balaban J connectivity index is 1.62. The number of rotatable bonds is 5. The molecule has 116 valence electrons. The number of benzene rings is 1. The van der Waals surface area contributed by atoms with Crippen molar-refractivity contribution in [2.45, 2.75) is 11.2 Å². The minimum atomic E-state index is -0.419. The average molecular weight is 336 g/mol. The van der Waals surface area contributed by atoms with Crippen molar-refractivity contribution in [3.63, 3.8) is 0 Å². The Morgan fingerprint density at radius 1 is 1.23 bits per heavy atom. The lowest BCUT2D eigenvalue weighted by Crippen LogP contribution is -2.05. The van der Waals surface area contributed by atoms with Crippen LogP contribution in [0.1, 0.15) is 26.3 Å². The van der Waals surface area contributed by atoms with Crippen molar-refractivity contribution in [1.29, 1.82) is 0 Å². The largest absolute Gasteiger partial charge is 0.486 e. The second kappa shape index (κ2) is 7.15. The Morgan fingerprint density at radius 3 is 2.64 bits per heavy atom. The van der Waals surface area contributed by atoms with Crippen LogP contribution in [0.5, 0.6) is 5.75 Å². The van der Waals surface area contributed by atoms with Gasteiger partial charge in [0.2, 0.25) is 0 Å². The first-order valence-electron chi connectivity index (χ1n) is 6.88. The van der Waals surface area contributed by atoms with Crippen LogP contribution in [-0.4, -0.2) is 24.6 Å². The first-order chi connectivity index (χ1) is 10.8. The minimum Gasteiger partial charge on any atom is -0.486 e. The maximum Gasteiger partial charge on any atom is 0.341 e. The highest BCUT2D eigenvalue weighted by molar-refractivity contribution is 8.19. The zero-order valence-corrected chi connectivity index (χ0v) is 13.7. The second-order valence-electron chi connectivity index (χ2n) is 4.68. The summed E-state index contributed by atoms with van der Waals surface area (Å²) in [4.78, 5) is 11.6. The predicted molar refractivity (Wildman–Crippen MR) is 88.5 cm³/mol. The Bertz CT molecular complexity index is 630. The summed E-state index contributed by atoms with van der Waals surface area (Å²) in [6.07, 6.45) is 1.46. The van der Waals surface area contributed by atoms with Gasteiger partial charge < -0.3 is 13.9 Å². The molecule has 2 aromatic rings. The molecule has 0 saturated carbocycles. The van der Waals surface area contributed by atoms with E-state index < -0.39 is 5.97 Å². The lowest BCUT2D eigenvalue weighted by Gasteiger charge is -2.10. The fourth-order valence-electron chi connectivity index (χ4n) is 2.17. The standard InChI is InChI=1S/C16H16O4S2/c1-18-15(17)13-6-7-19-14(13)10-20-12-4-2-11(3-5-12)16-21-8-9-22-16/h2-7,16H,8-10H2,1H3. The van der Waals surface area contributed by atoms with E-state index in [9.17, 15) is 4.79 Å². The summed E-state index contributed by atoms with van der Waals surface area (Å²) in [6, 6.07) is 9.68. The molecule has 22 heavy (non-hydrogen) atoms. The van der Waals surface area contributed by atoms with E-state index in [0.717, 1.165) is 5.75 Å². The van der Waals surface area contributed by atoms with Gasteiger partial charge in [-0.25, -0.2) is 4.79 Å². The van der Waals surface area contributed by atoms with Gasteiger partial charge in [-0.1, -0.05) is 12.1 Å². The highest BCUT2D eigenvalue weighted by Crippen LogP contribution is 2.45. The summed E-state index contributed by atoms with van der Waals surface area (Å²) in [5, 5.41) is 0.